The van der Waals surface area contributed by atoms with Crippen molar-refractivity contribution in [1.29, 1.82) is 0 Å². The molecule has 0 saturated carbocycles. The highest BCUT2D eigenvalue weighted by atomic mass is 79.9. The molecule has 0 unspecified atom stereocenters. The predicted octanol–water partition coefficient (Wildman–Crippen LogP) is 0.981. The Kier molecular flexibility index (Phi) is 6.05. The number of aryl methyl sites for hydroxylation is 1. The second kappa shape index (κ2) is 8.46. The van der Waals surface area contributed by atoms with E-state index in [1.54, 1.807) is 13.2 Å². The molecule has 1 aliphatic heterocycles. The fraction of sp³-hybridized carbons (Fsp3) is 0.389. The van der Waals surface area contributed by atoms with Gasteiger partial charge in [-0.3, -0.25) is 14.5 Å². The topological polar surface area (TPSA) is 70.5 Å². The summed E-state index contributed by atoms with van der Waals surface area (Å²) in [5, 5.41) is 7.05. The fourth-order valence-electron chi connectivity index (χ4n) is 2.92. The third-order valence-corrected chi connectivity index (χ3v) is 5.22. The van der Waals surface area contributed by atoms with Crippen LogP contribution in [-0.2, 0) is 18.4 Å². The number of hydrogen-bond donors (Lipinski definition) is 1. The first-order chi connectivity index (χ1) is 12.5. The second-order valence-electron chi connectivity index (χ2n) is 6.30. The van der Waals surface area contributed by atoms with E-state index in [2.05, 4.69) is 36.1 Å². The summed E-state index contributed by atoms with van der Waals surface area (Å²) >= 11 is 3.37. The molecular formula is C18H22BrN5O2. The quantitative estimate of drug-likeness (QED) is 0.781. The number of amides is 1. The molecule has 2 aromatic rings. The van der Waals surface area contributed by atoms with Gasteiger partial charge in [0.1, 0.15) is 4.47 Å². The van der Waals surface area contributed by atoms with E-state index in [1.807, 2.05) is 30.3 Å². The van der Waals surface area contributed by atoms with Gasteiger partial charge < -0.3 is 10.2 Å². The molecule has 3 rings (SSSR count). The zero-order chi connectivity index (χ0) is 18.5. The van der Waals surface area contributed by atoms with Crippen molar-refractivity contribution in [3.05, 3.63) is 56.9 Å². The lowest BCUT2D eigenvalue weighted by Gasteiger charge is -2.35. The molecule has 7 nitrogen and oxygen atoms in total. The maximum Gasteiger partial charge on any atom is 0.282 e. The number of hydrogen-bond acceptors (Lipinski definition) is 5. The number of halogens is 1. The molecule has 8 heteroatoms. The maximum absolute atomic E-state index is 12.1. The van der Waals surface area contributed by atoms with Crippen molar-refractivity contribution in [3.8, 4) is 0 Å². The van der Waals surface area contributed by atoms with Crippen LogP contribution in [0.5, 0.6) is 0 Å². The number of benzene rings is 1. The number of piperazine rings is 1. The van der Waals surface area contributed by atoms with Gasteiger partial charge in [0, 0.05) is 39.8 Å². The lowest BCUT2D eigenvalue weighted by atomic mass is 10.2. The molecule has 2 heterocycles. The normalized spacial score (nSPS) is 15.1. The molecule has 0 bridgehead atoms. The van der Waals surface area contributed by atoms with E-state index in [0.717, 1.165) is 37.4 Å². The Balaban J connectivity index is 1.49. The Morgan fingerprint density at radius 3 is 2.58 bits per heavy atom. The second-order valence-corrected chi connectivity index (χ2v) is 7.09. The Morgan fingerprint density at radius 1 is 1.19 bits per heavy atom. The minimum atomic E-state index is -0.148. The van der Waals surface area contributed by atoms with Crippen LogP contribution in [0.2, 0.25) is 0 Å². The van der Waals surface area contributed by atoms with Crippen molar-refractivity contribution in [1.82, 2.24) is 20.0 Å². The highest BCUT2D eigenvalue weighted by Crippen LogP contribution is 2.22. The highest BCUT2D eigenvalue weighted by Gasteiger charge is 2.21. The monoisotopic (exact) mass is 419 g/mol. The van der Waals surface area contributed by atoms with Crippen molar-refractivity contribution in [2.45, 2.75) is 6.54 Å². The molecule has 0 radical (unpaired) electrons. The van der Waals surface area contributed by atoms with Crippen LogP contribution in [0.25, 0.3) is 0 Å². The Bertz CT molecular complexity index is 816. The number of nitrogens with zero attached hydrogens (tertiary/aromatic N) is 4. The average molecular weight is 420 g/mol. The summed E-state index contributed by atoms with van der Waals surface area (Å²) in [5.41, 5.74) is 1.75. The number of nitrogens with one attached hydrogen (secondary N) is 1. The van der Waals surface area contributed by atoms with Crippen LogP contribution in [0.4, 0.5) is 5.69 Å². The summed E-state index contributed by atoms with van der Waals surface area (Å²) in [5.74, 6) is 0.0266. The van der Waals surface area contributed by atoms with E-state index in [4.69, 9.17) is 0 Å². The van der Waals surface area contributed by atoms with Gasteiger partial charge in [0.05, 0.1) is 18.4 Å². The van der Waals surface area contributed by atoms with Gasteiger partial charge in [-0.2, -0.15) is 5.10 Å². The van der Waals surface area contributed by atoms with Gasteiger partial charge in [0.25, 0.3) is 5.56 Å². The maximum atomic E-state index is 12.1. The zero-order valence-electron chi connectivity index (χ0n) is 14.7. The summed E-state index contributed by atoms with van der Waals surface area (Å²) in [6.07, 6.45) is 1.70. The Morgan fingerprint density at radius 2 is 1.88 bits per heavy atom. The number of rotatable bonds is 5. The zero-order valence-corrected chi connectivity index (χ0v) is 16.3. The van der Waals surface area contributed by atoms with Crippen molar-refractivity contribution in [3.63, 3.8) is 0 Å². The van der Waals surface area contributed by atoms with Gasteiger partial charge in [-0.1, -0.05) is 30.3 Å². The minimum absolute atomic E-state index is 0.0266. The third-order valence-electron chi connectivity index (χ3n) is 4.47. The molecule has 0 spiro atoms. The van der Waals surface area contributed by atoms with Crippen molar-refractivity contribution in [2.24, 2.45) is 7.05 Å². The molecule has 1 N–H and O–H groups in total. The highest BCUT2D eigenvalue weighted by molar-refractivity contribution is 9.10. The molecule has 1 saturated heterocycles. The number of carbonyl (C=O) groups is 1. The van der Waals surface area contributed by atoms with E-state index in [9.17, 15) is 9.59 Å². The van der Waals surface area contributed by atoms with Crippen LogP contribution in [0.1, 0.15) is 5.56 Å². The lowest BCUT2D eigenvalue weighted by molar-refractivity contribution is -0.122. The van der Waals surface area contributed by atoms with Crippen molar-refractivity contribution < 1.29 is 4.79 Å². The standard InChI is InChI=1S/C18H22BrN5O2/c1-22-18(26)17(19)15(12-21-22)24-9-7-23(8-10-24)13-16(25)20-11-14-5-3-2-4-6-14/h2-6,12H,7-11,13H2,1H3,(H,20,25). The summed E-state index contributed by atoms with van der Waals surface area (Å²) in [4.78, 5) is 28.4. The molecule has 1 fully saturated rings. The molecule has 1 amide bonds. The minimum Gasteiger partial charge on any atom is -0.367 e. The smallest absolute Gasteiger partial charge is 0.282 e. The number of aromatic nitrogens is 2. The third kappa shape index (κ3) is 4.50. The largest absolute Gasteiger partial charge is 0.367 e. The summed E-state index contributed by atoms with van der Waals surface area (Å²) in [6, 6.07) is 9.88. The van der Waals surface area contributed by atoms with E-state index < -0.39 is 0 Å². The van der Waals surface area contributed by atoms with Gasteiger partial charge in [0.2, 0.25) is 5.91 Å². The SMILES string of the molecule is Cn1ncc(N2CCN(CC(=O)NCc3ccccc3)CC2)c(Br)c1=O. The molecule has 1 aromatic carbocycles. The van der Waals surface area contributed by atoms with E-state index in [-0.39, 0.29) is 11.5 Å². The number of carbonyl (C=O) groups excluding carboxylic acids is 1. The molecule has 1 aromatic heterocycles. The van der Waals surface area contributed by atoms with Crippen LogP contribution in [-0.4, -0.2) is 53.3 Å². The first-order valence-corrected chi connectivity index (χ1v) is 9.33. The van der Waals surface area contributed by atoms with E-state index >= 15 is 0 Å². The van der Waals surface area contributed by atoms with Crippen LogP contribution >= 0.6 is 15.9 Å². The van der Waals surface area contributed by atoms with Gasteiger partial charge in [-0.15, -0.1) is 0 Å². The van der Waals surface area contributed by atoms with Crippen molar-refractivity contribution in [2.75, 3.05) is 37.6 Å². The molecule has 0 atom stereocenters. The van der Waals surface area contributed by atoms with Gasteiger partial charge >= 0.3 is 0 Å². The summed E-state index contributed by atoms with van der Waals surface area (Å²) in [6.45, 7) is 3.96. The molecule has 1 aliphatic rings. The summed E-state index contributed by atoms with van der Waals surface area (Å²) in [7, 11) is 1.63. The first-order valence-electron chi connectivity index (χ1n) is 8.54. The first kappa shape index (κ1) is 18.6. The predicted molar refractivity (Wildman–Crippen MR) is 104 cm³/mol. The van der Waals surface area contributed by atoms with Crippen LogP contribution in [0, 0.1) is 0 Å². The van der Waals surface area contributed by atoms with Crippen LogP contribution in [0.15, 0.2) is 45.8 Å². The molecular weight excluding hydrogens is 398 g/mol. The van der Waals surface area contributed by atoms with Crippen LogP contribution in [0.3, 0.4) is 0 Å². The van der Waals surface area contributed by atoms with E-state index in [0.29, 0.717) is 17.6 Å². The average Bonchev–Trinajstić information content (AvgIpc) is 2.66. The lowest BCUT2D eigenvalue weighted by Crippen LogP contribution is -2.49. The van der Waals surface area contributed by atoms with E-state index in [1.165, 1.54) is 4.68 Å². The number of anilines is 1. The van der Waals surface area contributed by atoms with Gasteiger partial charge in [-0.05, 0) is 21.5 Å². The van der Waals surface area contributed by atoms with Gasteiger partial charge in [0.15, 0.2) is 0 Å². The molecule has 26 heavy (non-hydrogen) atoms. The Labute approximate surface area is 160 Å². The molecule has 138 valence electrons. The summed E-state index contributed by atoms with van der Waals surface area (Å²) < 4.78 is 1.84. The molecule has 0 aliphatic carbocycles. The van der Waals surface area contributed by atoms with Crippen LogP contribution < -0.4 is 15.8 Å². The van der Waals surface area contributed by atoms with Crippen molar-refractivity contribution >= 4 is 27.5 Å². The Hall–Kier alpha value is -2.19. The van der Waals surface area contributed by atoms with Gasteiger partial charge in [-0.25, -0.2) is 4.68 Å². The fourth-order valence-corrected chi connectivity index (χ4v) is 3.53.